The van der Waals surface area contributed by atoms with Gasteiger partial charge in [0.15, 0.2) is 0 Å². The zero-order valence-electron chi connectivity index (χ0n) is 10.7. The molecule has 4 nitrogen and oxygen atoms in total. The van der Waals surface area contributed by atoms with E-state index in [9.17, 15) is 0 Å². The van der Waals surface area contributed by atoms with Gasteiger partial charge in [-0.15, -0.1) is 0 Å². The lowest BCUT2D eigenvalue weighted by Crippen LogP contribution is -2.36. The van der Waals surface area contributed by atoms with E-state index in [2.05, 4.69) is 14.9 Å². The minimum absolute atomic E-state index is 0.374. The number of ether oxygens (including phenoxy) is 1. The number of nitrogens with zero attached hydrogens (tertiary/aromatic N) is 3. The van der Waals surface area contributed by atoms with Crippen LogP contribution in [0.2, 0.25) is 0 Å². The van der Waals surface area contributed by atoms with Crippen LogP contribution in [-0.2, 0) is 4.74 Å². The maximum absolute atomic E-state index is 5.17. The molecule has 0 aromatic carbocycles. The number of piperidine rings is 1. The fraction of sp³-hybridized carbons (Fsp3) is 0.692. The summed E-state index contributed by atoms with van der Waals surface area (Å²) < 4.78 is 5.17. The summed E-state index contributed by atoms with van der Waals surface area (Å²) in [6.07, 6.45) is 5.56. The topological polar surface area (TPSA) is 38.2 Å². The van der Waals surface area contributed by atoms with Crippen LogP contribution in [0.15, 0.2) is 12.3 Å². The molecule has 1 saturated heterocycles. The largest absolute Gasteiger partial charge is 0.383 e. The molecule has 0 spiro atoms. The van der Waals surface area contributed by atoms with Crippen LogP contribution in [-0.4, -0.2) is 41.7 Å². The monoisotopic (exact) mass is 235 g/mol. The van der Waals surface area contributed by atoms with Gasteiger partial charge in [-0.1, -0.05) is 6.42 Å². The predicted octanol–water partition coefficient (Wildman–Crippen LogP) is 1.96. The van der Waals surface area contributed by atoms with Gasteiger partial charge in [-0.2, -0.15) is 0 Å². The van der Waals surface area contributed by atoms with E-state index < -0.39 is 0 Å². The van der Waals surface area contributed by atoms with E-state index in [4.69, 9.17) is 4.74 Å². The number of aryl methyl sites for hydroxylation is 1. The van der Waals surface area contributed by atoms with E-state index >= 15 is 0 Å². The number of rotatable bonds is 4. The first kappa shape index (κ1) is 12.5. The van der Waals surface area contributed by atoms with Crippen LogP contribution in [0.25, 0.3) is 0 Å². The van der Waals surface area contributed by atoms with Crippen molar-refractivity contribution in [2.45, 2.75) is 32.2 Å². The van der Waals surface area contributed by atoms with E-state index in [1.54, 1.807) is 7.11 Å². The normalized spacial score (nSPS) is 21.6. The molecule has 1 fully saturated rings. The number of hydrogen-bond donors (Lipinski definition) is 0. The molecule has 1 aromatic heterocycles. The van der Waals surface area contributed by atoms with E-state index in [0.29, 0.717) is 6.04 Å². The third kappa shape index (κ3) is 3.23. The summed E-state index contributed by atoms with van der Waals surface area (Å²) >= 11 is 0. The molecular weight excluding hydrogens is 214 g/mol. The third-order valence-corrected chi connectivity index (χ3v) is 3.31. The molecule has 0 unspecified atom stereocenters. The average molecular weight is 235 g/mol. The molecule has 1 atom stereocenters. The first-order valence-electron chi connectivity index (χ1n) is 6.34. The maximum atomic E-state index is 5.17. The highest BCUT2D eigenvalue weighted by Gasteiger charge is 2.25. The van der Waals surface area contributed by atoms with Crippen LogP contribution >= 0.6 is 0 Å². The van der Waals surface area contributed by atoms with Gasteiger partial charge < -0.3 is 4.74 Å². The Labute approximate surface area is 103 Å². The molecular formula is C13H21N3O. The molecule has 1 aromatic rings. The average Bonchev–Trinajstić information content (AvgIpc) is 2.37. The van der Waals surface area contributed by atoms with Gasteiger partial charge in [0.1, 0.15) is 5.82 Å². The van der Waals surface area contributed by atoms with Gasteiger partial charge in [0.2, 0.25) is 0 Å². The first-order chi connectivity index (χ1) is 8.31. The standard InChI is InChI=1S/C13H21N3O/c1-11-6-7-14-13(15-11)12-5-3-4-8-16(12)9-10-17-2/h6-7,12H,3-5,8-10H2,1-2H3/t12-/m1/s1. The molecule has 4 heteroatoms. The van der Waals surface area contributed by atoms with Crippen LogP contribution in [0.5, 0.6) is 0 Å². The Morgan fingerprint density at radius 1 is 1.47 bits per heavy atom. The molecule has 1 aliphatic heterocycles. The molecule has 17 heavy (non-hydrogen) atoms. The lowest BCUT2D eigenvalue weighted by Gasteiger charge is -2.34. The summed E-state index contributed by atoms with van der Waals surface area (Å²) in [5, 5.41) is 0. The summed E-state index contributed by atoms with van der Waals surface area (Å²) in [5.41, 5.74) is 1.05. The summed E-state index contributed by atoms with van der Waals surface area (Å²) in [4.78, 5) is 11.4. The van der Waals surface area contributed by atoms with Crippen LogP contribution in [0.4, 0.5) is 0 Å². The second-order valence-corrected chi connectivity index (χ2v) is 4.60. The molecule has 0 N–H and O–H groups in total. The fourth-order valence-electron chi connectivity index (χ4n) is 2.39. The molecule has 1 aliphatic rings. The number of hydrogen-bond acceptors (Lipinski definition) is 4. The van der Waals surface area contributed by atoms with Crippen LogP contribution in [0.3, 0.4) is 0 Å². The third-order valence-electron chi connectivity index (χ3n) is 3.31. The molecule has 0 bridgehead atoms. The van der Waals surface area contributed by atoms with E-state index in [1.165, 1.54) is 12.8 Å². The Morgan fingerprint density at radius 2 is 2.35 bits per heavy atom. The molecule has 0 saturated carbocycles. The molecule has 94 valence electrons. The van der Waals surface area contributed by atoms with E-state index in [-0.39, 0.29) is 0 Å². The first-order valence-corrected chi connectivity index (χ1v) is 6.34. The van der Waals surface area contributed by atoms with Crippen molar-refractivity contribution in [3.05, 3.63) is 23.8 Å². The summed E-state index contributed by atoms with van der Waals surface area (Å²) in [6.45, 7) is 4.90. The van der Waals surface area contributed by atoms with Crippen molar-refractivity contribution < 1.29 is 4.74 Å². The Hall–Kier alpha value is -1.00. The fourth-order valence-corrected chi connectivity index (χ4v) is 2.39. The van der Waals surface area contributed by atoms with Crippen LogP contribution in [0, 0.1) is 6.92 Å². The van der Waals surface area contributed by atoms with Gasteiger partial charge in [-0.05, 0) is 32.4 Å². The summed E-state index contributed by atoms with van der Waals surface area (Å²) in [5.74, 6) is 0.973. The molecule has 2 rings (SSSR count). The highest BCUT2D eigenvalue weighted by atomic mass is 16.5. The molecule has 2 heterocycles. The Morgan fingerprint density at radius 3 is 3.12 bits per heavy atom. The van der Waals surface area contributed by atoms with Gasteiger partial charge in [-0.3, -0.25) is 4.90 Å². The van der Waals surface area contributed by atoms with Crippen LogP contribution < -0.4 is 0 Å². The van der Waals surface area contributed by atoms with Crippen molar-refractivity contribution in [1.29, 1.82) is 0 Å². The minimum Gasteiger partial charge on any atom is -0.383 e. The summed E-state index contributed by atoms with van der Waals surface area (Å²) in [7, 11) is 1.75. The van der Waals surface area contributed by atoms with Crippen LogP contribution in [0.1, 0.15) is 36.8 Å². The van der Waals surface area contributed by atoms with Gasteiger partial charge in [0, 0.05) is 25.5 Å². The van der Waals surface area contributed by atoms with Gasteiger partial charge >= 0.3 is 0 Å². The Kier molecular flexibility index (Phi) is 4.45. The van der Waals surface area contributed by atoms with Crippen molar-refractivity contribution in [3.8, 4) is 0 Å². The summed E-state index contributed by atoms with van der Waals surface area (Å²) in [6, 6.07) is 2.32. The highest BCUT2D eigenvalue weighted by Crippen LogP contribution is 2.28. The van der Waals surface area contributed by atoms with Gasteiger partial charge in [0.05, 0.1) is 12.6 Å². The molecule has 0 amide bonds. The molecule has 0 aliphatic carbocycles. The lowest BCUT2D eigenvalue weighted by atomic mass is 10.0. The predicted molar refractivity (Wildman–Crippen MR) is 66.8 cm³/mol. The van der Waals surface area contributed by atoms with Crippen molar-refractivity contribution in [1.82, 2.24) is 14.9 Å². The Balaban J connectivity index is 2.10. The maximum Gasteiger partial charge on any atom is 0.145 e. The SMILES string of the molecule is COCCN1CCCC[C@@H]1c1nccc(C)n1. The highest BCUT2D eigenvalue weighted by molar-refractivity contribution is 5.04. The van der Waals surface area contributed by atoms with E-state index in [1.807, 2.05) is 19.2 Å². The van der Waals surface area contributed by atoms with Crippen molar-refractivity contribution >= 4 is 0 Å². The van der Waals surface area contributed by atoms with E-state index in [0.717, 1.165) is 37.6 Å². The van der Waals surface area contributed by atoms with Gasteiger partial charge in [0.25, 0.3) is 0 Å². The second kappa shape index (κ2) is 6.07. The lowest BCUT2D eigenvalue weighted by molar-refractivity contribution is 0.0922. The quantitative estimate of drug-likeness (QED) is 0.799. The van der Waals surface area contributed by atoms with Gasteiger partial charge in [-0.25, -0.2) is 9.97 Å². The zero-order chi connectivity index (χ0) is 12.1. The van der Waals surface area contributed by atoms with Crippen molar-refractivity contribution in [3.63, 3.8) is 0 Å². The van der Waals surface area contributed by atoms with Crippen molar-refractivity contribution in [2.24, 2.45) is 0 Å². The smallest absolute Gasteiger partial charge is 0.145 e. The molecule has 0 radical (unpaired) electrons. The second-order valence-electron chi connectivity index (χ2n) is 4.60. The minimum atomic E-state index is 0.374. The zero-order valence-corrected chi connectivity index (χ0v) is 10.7. The van der Waals surface area contributed by atoms with Crippen molar-refractivity contribution in [2.75, 3.05) is 26.8 Å². The number of likely N-dealkylation sites (tertiary alicyclic amines) is 1. The number of methoxy groups -OCH3 is 1. The number of aromatic nitrogens is 2. The Bertz CT molecular complexity index is 356.